The number of nitro benzene ring substituents is 1. The van der Waals surface area contributed by atoms with Crippen LogP contribution in [0.1, 0.15) is 11.3 Å². The first kappa shape index (κ1) is 14.4. The summed E-state index contributed by atoms with van der Waals surface area (Å²) in [5, 5.41) is 10.9. The van der Waals surface area contributed by atoms with Crippen LogP contribution in [-0.2, 0) is 11.9 Å². The summed E-state index contributed by atoms with van der Waals surface area (Å²) in [6.07, 6.45) is -4.64. The van der Waals surface area contributed by atoms with Gasteiger partial charge in [-0.2, -0.15) is 25.8 Å². The van der Waals surface area contributed by atoms with Crippen LogP contribution in [0, 0.1) is 10.1 Å². The zero-order valence-electron chi connectivity index (χ0n) is 9.85. The molecule has 106 valence electrons. The van der Waals surface area contributed by atoms with Crippen molar-refractivity contribution in [2.45, 2.75) is 11.9 Å². The molecular formula is C12H8F3NO3S. The lowest BCUT2D eigenvalue weighted by Gasteiger charge is -2.07. The standard InChI is InChI=1S/C12H8F3NO3S/c13-12(14,15)7-1-3-9(10(5-7)16(17)18)11-4-2-8(6-20)19-11/h1-5,20H,6H2. The van der Waals surface area contributed by atoms with Gasteiger partial charge in [-0.25, -0.2) is 0 Å². The number of thiol groups is 1. The largest absolute Gasteiger partial charge is 0.460 e. The van der Waals surface area contributed by atoms with E-state index in [9.17, 15) is 23.3 Å². The minimum atomic E-state index is -4.64. The second-order valence-corrected chi connectivity index (χ2v) is 4.23. The van der Waals surface area contributed by atoms with Crippen LogP contribution < -0.4 is 0 Å². The smallest absolute Gasteiger partial charge is 0.416 e. The third-order valence-electron chi connectivity index (χ3n) is 2.60. The van der Waals surface area contributed by atoms with Gasteiger partial charge < -0.3 is 4.42 Å². The van der Waals surface area contributed by atoms with Gasteiger partial charge in [-0.05, 0) is 24.3 Å². The second-order valence-electron chi connectivity index (χ2n) is 3.91. The van der Waals surface area contributed by atoms with E-state index < -0.39 is 22.4 Å². The van der Waals surface area contributed by atoms with E-state index in [1.807, 2.05) is 0 Å². The van der Waals surface area contributed by atoms with Gasteiger partial charge in [-0.15, -0.1) is 0 Å². The van der Waals surface area contributed by atoms with Gasteiger partial charge in [0.15, 0.2) is 0 Å². The first-order valence-corrected chi connectivity index (χ1v) is 6.01. The molecule has 4 nitrogen and oxygen atoms in total. The quantitative estimate of drug-likeness (QED) is 0.522. The van der Waals surface area contributed by atoms with Gasteiger partial charge in [0, 0.05) is 11.8 Å². The zero-order valence-corrected chi connectivity index (χ0v) is 10.7. The Morgan fingerprint density at radius 3 is 2.45 bits per heavy atom. The molecule has 2 rings (SSSR count). The molecule has 2 aromatic rings. The summed E-state index contributed by atoms with van der Waals surface area (Å²) < 4.78 is 43.0. The summed E-state index contributed by atoms with van der Waals surface area (Å²) in [6.45, 7) is 0. The second kappa shape index (κ2) is 5.20. The van der Waals surface area contributed by atoms with Gasteiger partial charge in [0.1, 0.15) is 11.5 Å². The van der Waals surface area contributed by atoms with Crippen molar-refractivity contribution in [1.29, 1.82) is 0 Å². The fourth-order valence-electron chi connectivity index (χ4n) is 1.68. The number of nitrogens with zero attached hydrogens (tertiary/aromatic N) is 1. The van der Waals surface area contributed by atoms with Crippen molar-refractivity contribution in [3.05, 3.63) is 51.8 Å². The van der Waals surface area contributed by atoms with E-state index in [1.54, 1.807) is 6.07 Å². The molecule has 0 atom stereocenters. The molecule has 0 bridgehead atoms. The Kier molecular flexibility index (Phi) is 3.76. The van der Waals surface area contributed by atoms with Crippen molar-refractivity contribution in [2.24, 2.45) is 0 Å². The van der Waals surface area contributed by atoms with E-state index in [4.69, 9.17) is 4.42 Å². The van der Waals surface area contributed by atoms with Crippen LogP contribution in [-0.4, -0.2) is 4.92 Å². The minimum absolute atomic E-state index is 0.00367. The van der Waals surface area contributed by atoms with E-state index in [0.717, 1.165) is 12.1 Å². The Labute approximate surface area is 116 Å². The maximum atomic E-state index is 12.6. The van der Waals surface area contributed by atoms with Gasteiger partial charge in [-0.1, -0.05) is 0 Å². The molecule has 1 aromatic heterocycles. The van der Waals surface area contributed by atoms with Gasteiger partial charge in [-0.3, -0.25) is 10.1 Å². The van der Waals surface area contributed by atoms with Crippen molar-refractivity contribution in [2.75, 3.05) is 0 Å². The normalized spacial score (nSPS) is 11.6. The van der Waals surface area contributed by atoms with Gasteiger partial charge in [0.25, 0.3) is 5.69 Å². The van der Waals surface area contributed by atoms with E-state index >= 15 is 0 Å². The lowest BCUT2D eigenvalue weighted by atomic mass is 10.1. The predicted octanol–water partition coefficient (Wildman–Crippen LogP) is 4.30. The van der Waals surface area contributed by atoms with Crippen molar-refractivity contribution >= 4 is 18.3 Å². The third kappa shape index (κ3) is 2.79. The van der Waals surface area contributed by atoms with Crippen LogP contribution in [0.15, 0.2) is 34.7 Å². The molecular weight excluding hydrogens is 295 g/mol. The van der Waals surface area contributed by atoms with E-state index in [2.05, 4.69) is 12.6 Å². The first-order valence-electron chi connectivity index (χ1n) is 5.38. The van der Waals surface area contributed by atoms with Crippen molar-refractivity contribution in [3.63, 3.8) is 0 Å². The molecule has 0 amide bonds. The summed E-state index contributed by atoms with van der Waals surface area (Å²) in [5.74, 6) is 0.890. The minimum Gasteiger partial charge on any atom is -0.460 e. The molecule has 20 heavy (non-hydrogen) atoms. The van der Waals surface area contributed by atoms with Gasteiger partial charge in [0.05, 0.1) is 16.1 Å². The molecule has 0 aliphatic heterocycles. The van der Waals surface area contributed by atoms with Crippen molar-refractivity contribution < 1.29 is 22.5 Å². The highest BCUT2D eigenvalue weighted by molar-refractivity contribution is 7.79. The van der Waals surface area contributed by atoms with Crippen LogP contribution >= 0.6 is 12.6 Å². The summed E-state index contributed by atoms with van der Waals surface area (Å²) in [6, 6.07) is 5.33. The number of alkyl halides is 3. The number of benzene rings is 1. The van der Waals surface area contributed by atoms with Gasteiger partial charge in [0.2, 0.25) is 0 Å². The maximum absolute atomic E-state index is 12.6. The summed E-state index contributed by atoms with van der Waals surface area (Å²) in [7, 11) is 0. The van der Waals surface area contributed by atoms with E-state index in [1.165, 1.54) is 6.07 Å². The molecule has 0 unspecified atom stereocenters. The average molecular weight is 303 g/mol. The molecule has 0 spiro atoms. The Morgan fingerprint density at radius 2 is 1.95 bits per heavy atom. The molecule has 0 saturated carbocycles. The molecule has 8 heteroatoms. The van der Waals surface area contributed by atoms with Crippen molar-refractivity contribution in [3.8, 4) is 11.3 Å². The van der Waals surface area contributed by atoms with Gasteiger partial charge >= 0.3 is 6.18 Å². The molecule has 0 aliphatic carbocycles. The number of hydrogen-bond acceptors (Lipinski definition) is 4. The predicted molar refractivity (Wildman–Crippen MR) is 68.5 cm³/mol. The molecule has 0 saturated heterocycles. The lowest BCUT2D eigenvalue weighted by molar-refractivity contribution is -0.384. The number of nitro groups is 1. The molecule has 0 aliphatic rings. The average Bonchev–Trinajstić information content (AvgIpc) is 2.85. The fourth-order valence-corrected chi connectivity index (χ4v) is 1.84. The topological polar surface area (TPSA) is 56.3 Å². The van der Waals surface area contributed by atoms with Crippen LogP contribution in [0.5, 0.6) is 0 Å². The Bertz CT molecular complexity index is 652. The van der Waals surface area contributed by atoms with Crippen molar-refractivity contribution in [1.82, 2.24) is 0 Å². The number of halogens is 3. The monoisotopic (exact) mass is 303 g/mol. The molecule has 0 N–H and O–H groups in total. The van der Waals surface area contributed by atoms with Crippen LogP contribution in [0.3, 0.4) is 0 Å². The fraction of sp³-hybridized carbons (Fsp3) is 0.167. The number of furan rings is 1. The Balaban J connectivity index is 2.56. The molecule has 1 aromatic carbocycles. The number of rotatable bonds is 3. The van der Waals surface area contributed by atoms with Crippen LogP contribution in [0.25, 0.3) is 11.3 Å². The summed E-state index contributed by atoms with van der Waals surface area (Å²) >= 11 is 3.98. The van der Waals surface area contributed by atoms with Crippen LogP contribution in [0.4, 0.5) is 18.9 Å². The summed E-state index contributed by atoms with van der Waals surface area (Å²) in [4.78, 5) is 10.1. The Morgan fingerprint density at radius 1 is 1.25 bits per heavy atom. The number of hydrogen-bond donors (Lipinski definition) is 1. The van der Waals surface area contributed by atoms with E-state index in [0.29, 0.717) is 11.8 Å². The van der Waals surface area contributed by atoms with Crippen LogP contribution in [0.2, 0.25) is 0 Å². The SMILES string of the molecule is O=[N+]([O-])c1cc(C(F)(F)F)ccc1-c1ccc(CS)o1. The highest BCUT2D eigenvalue weighted by atomic mass is 32.1. The zero-order chi connectivity index (χ0) is 14.9. The highest BCUT2D eigenvalue weighted by Crippen LogP contribution is 2.37. The maximum Gasteiger partial charge on any atom is 0.416 e. The Hall–Kier alpha value is -1.96. The summed E-state index contributed by atoms with van der Waals surface area (Å²) in [5.41, 5.74) is -1.73. The van der Waals surface area contributed by atoms with E-state index in [-0.39, 0.29) is 17.1 Å². The highest BCUT2D eigenvalue weighted by Gasteiger charge is 2.33. The first-order chi connectivity index (χ1) is 9.32. The molecule has 0 fully saturated rings. The molecule has 1 heterocycles. The molecule has 0 radical (unpaired) electrons. The third-order valence-corrected chi connectivity index (χ3v) is 2.92. The lowest BCUT2D eigenvalue weighted by Crippen LogP contribution is -2.06.